The average molecular weight is 383 g/mol. The van der Waals surface area contributed by atoms with Gasteiger partial charge in [0.15, 0.2) is 17.6 Å². The fourth-order valence-corrected chi connectivity index (χ4v) is 3.05. The van der Waals surface area contributed by atoms with Gasteiger partial charge in [0.1, 0.15) is 6.17 Å². The molecule has 1 heterocycles. The maximum atomic E-state index is 12.4. The number of nitrogens with zero attached hydrogens (tertiary/aromatic N) is 1. The molecule has 2 unspecified atom stereocenters. The van der Waals surface area contributed by atoms with E-state index in [0.717, 1.165) is 11.3 Å². The van der Waals surface area contributed by atoms with Crippen molar-refractivity contribution in [3.05, 3.63) is 53.6 Å². The number of hydrogen-bond acceptors (Lipinski definition) is 5. The standard InChI is InChI=1S/C21H25N3O4/c1-5-27-18-12-14(10-11-17(18)28-13(2)21(26)24(3)4)19-22-16-9-7-6-8-15(16)20(25)23-19/h6-13,19,22H,5H2,1-4H3,(H,23,25). The van der Waals surface area contributed by atoms with Crippen LogP contribution in [0.3, 0.4) is 0 Å². The van der Waals surface area contributed by atoms with Gasteiger partial charge in [-0.1, -0.05) is 18.2 Å². The van der Waals surface area contributed by atoms with Gasteiger partial charge in [0, 0.05) is 19.8 Å². The Balaban J connectivity index is 1.85. The van der Waals surface area contributed by atoms with Crippen LogP contribution in [0.15, 0.2) is 42.5 Å². The maximum absolute atomic E-state index is 12.4. The van der Waals surface area contributed by atoms with Crippen LogP contribution in [0.5, 0.6) is 11.5 Å². The van der Waals surface area contributed by atoms with E-state index >= 15 is 0 Å². The van der Waals surface area contributed by atoms with Gasteiger partial charge in [0.25, 0.3) is 11.8 Å². The second-order valence-electron chi connectivity index (χ2n) is 6.73. The Morgan fingerprint density at radius 2 is 1.89 bits per heavy atom. The molecule has 2 aromatic rings. The van der Waals surface area contributed by atoms with Crippen molar-refractivity contribution in [3.8, 4) is 11.5 Å². The molecule has 0 aromatic heterocycles. The van der Waals surface area contributed by atoms with Crippen molar-refractivity contribution in [1.82, 2.24) is 10.2 Å². The average Bonchev–Trinajstić information content (AvgIpc) is 2.68. The van der Waals surface area contributed by atoms with E-state index in [1.54, 1.807) is 33.2 Å². The highest BCUT2D eigenvalue weighted by Crippen LogP contribution is 2.33. The van der Waals surface area contributed by atoms with Gasteiger partial charge in [0.05, 0.1) is 12.2 Å². The van der Waals surface area contributed by atoms with E-state index in [4.69, 9.17) is 9.47 Å². The van der Waals surface area contributed by atoms with Crippen LogP contribution in [-0.4, -0.2) is 43.5 Å². The highest BCUT2D eigenvalue weighted by Gasteiger charge is 2.25. The first-order chi connectivity index (χ1) is 13.4. The molecule has 7 heteroatoms. The SMILES string of the molecule is CCOc1cc(C2NC(=O)c3ccccc3N2)ccc1OC(C)C(=O)N(C)C. The Bertz CT molecular complexity index is 882. The number of hydrogen-bond donors (Lipinski definition) is 2. The first-order valence-corrected chi connectivity index (χ1v) is 9.21. The number of ether oxygens (including phenoxy) is 2. The fourth-order valence-electron chi connectivity index (χ4n) is 3.05. The number of benzene rings is 2. The molecule has 0 fully saturated rings. The van der Waals surface area contributed by atoms with E-state index in [1.165, 1.54) is 4.90 Å². The summed E-state index contributed by atoms with van der Waals surface area (Å²) in [4.78, 5) is 26.0. The number of rotatable bonds is 6. The molecule has 28 heavy (non-hydrogen) atoms. The quantitative estimate of drug-likeness (QED) is 0.802. The fraction of sp³-hybridized carbons (Fsp3) is 0.333. The molecule has 2 aromatic carbocycles. The second kappa shape index (κ2) is 8.21. The Hall–Kier alpha value is -3.22. The van der Waals surface area contributed by atoms with E-state index in [1.807, 2.05) is 37.3 Å². The van der Waals surface area contributed by atoms with Crippen LogP contribution in [-0.2, 0) is 4.79 Å². The molecule has 0 saturated carbocycles. The first-order valence-electron chi connectivity index (χ1n) is 9.21. The summed E-state index contributed by atoms with van der Waals surface area (Å²) in [6.45, 7) is 4.02. The lowest BCUT2D eigenvalue weighted by Crippen LogP contribution is -2.38. The summed E-state index contributed by atoms with van der Waals surface area (Å²) >= 11 is 0. The van der Waals surface area contributed by atoms with E-state index in [9.17, 15) is 9.59 Å². The molecule has 0 spiro atoms. The van der Waals surface area contributed by atoms with Gasteiger partial charge in [0.2, 0.25) is 0 Å². The number of carbonyl (C=O) groups is 2. The van der Waals surface area contributed by atoms with Gasteiger partial charge in [-0.15, -0.1) is 0 Å². The third kappa shape index (κ3) is 4.03. The molecule has 0 bridgehead atoms. The number of anilines is 1. The van der Waals surface area contributed by atoms with Crippen molar-refractivity contribution in [2.75, 3.05) is 26.0 Å². The predicted octanol–water partition coefficient (Wildman–Crippen LogP) is 2.79. The first kappa shape index (κ1) is 19.5. The van der Waals surface area contributed by atoms with E-state index < -0.39 is 12.3 Å². The Morgan fingerprint density at radius 3 is 2.61 bits per heavy atom. The molecule has 7 nitrogen and oxygen atoms in total. The van der Waals surface area contributed by atoms with Gasteiger partial charge in [-0.05, 0) is 43.7 Å². The zero-order valence-electron chi connectivity index (χ0n) is 16.5. The molecule has 148 valence electrons. The lowest BCUT2D eigenvalue weighted by molar-refractivity contribution is -0.135. The second-order valence-corrected chi connectivity index (χ2v) is 6.73. The largest absolute Gasteiger partial charge is 0.490 e. The summed E-state index contributed by atoms with van der Waals surface area (Å²) in [6, 6.07) is 12.8. The molecule has 2 N–H and O–H groups in total. The Kier molecular flexibility index (Phi) is 5.73. The third-order valence-electron chi connectivity index (χ3n) is 4.44. The minimum Gasteiger partial charge on any atom is -0.490 e. The normalized spacial score (nSPS) is 16.3. The van der Waals surface area contributed by atoms with Crippen LogP contribution in [0.1, 0.15) is 35.9 Å². The smallest absolute Gasteiger partial charge is 0.262 e. The van der Waals surface area contributed by atoms with Gasteiger partial charge >= 0.3 is 0 Å². The van der Waals surface area contributed by atoms with Crippen molar-refractivity contribution in [3.63, 3.8) is 0 Å². The van der Waals surface area contributed by atoms with Gasteiger partial charge in [-0.2, -0.15) is 0 Å². The third-order valence-corrected chi connectivity index (χ3v) is 4.44. The predicted molar refractivity (Wildman–Crippen MR) is 107 cm³/mol. The van der Waals surface area contributed by atoms with Crippen molar-refractivity contribution in [2.24, 2.45) is 0 Å². The molecule has 1 aliphatic rings. The van der Waals surface area contributed by atoms with Crippen LogP contribution in [0.25, 0.3) is 0 Å². The summed E-state index contributed by atoms with van der Waals surface area (Å²) in [7, 11) is 3.37. The number of para-hydroxylation sites is 1. The van der Waals surface area contributed by atoms with Crippen LogP contribution >= 0.6 is 0 Å². The van der Waals surface area contributed by atoms with Crippen molar-refractivity contribution < 1.29 is 19.1 Å². The topological polar surface area (TPSA) is 79.9 Å². The number of fused-ring (bicyclic) bond motifs is 1. The van der Waals surface area contributed by atoms with Gasteiger partial charge in [-0.25, -0.2) is 0 Å². The number of amides is 2. The molecule has 3 rings (SSSR count). The van der Waals surface area contributed by atoms with E-state index in [2.05, 4.69) is 10.6 Å². The lowest BCUT2D eigenvalue weighted by Gasteiger charge is -2.28. The summed E-state index contributed by atoms with van der Waals surface area (Å²) in [5, 5.41) is 6.26. The molecule has 2 amide bonds. The lowest BCUT2D eigenvalue weighted by atomic mass is 10.1. The summed E-state index contributed by atoms with van der Waals surface area (Å²) in [6.07, 6.45) is -1.03. The zero-order valence-corrected chi connectivity index (χ0v) is 16.5. The molecular formula is C21H25N3O4. The number of carbonyl (C=O) groups excluding carboxylic acids is 2. The number of likely N-dealkylation sites (N-methyl/N-ethyl adjacent to an activating group) is 1. The minimum absolute atomic E-state index is 0.135. The van der Waals surface area contributed by atoms with Gasteiger partial charge < -0.3 is 25.0 Å². The van der Waals surface area contributed by atoms with Crippen molar-refractivity contribution in [1.29, 1.82) is 0 Å². The highest BCUT2D eigenvalue weighted by atomic mass is 16.5. The summed E-state index contributed by atoms with van der Waals surface area (Å²) < 4.78 is 11.5. The van der Waals surface area contributed by atoms with Crippen molar-refractivity contribution >= 4 is 17.5 Å². The molecular weight excluding hydrogens is 358 g/mol. The minimum atomic E-state index is -0.639. The van der Waals surface area contributed by atoms with Crippen LogP contribution in [0, 0.1) is 0 Å². The van der Waals surface area contributed by atoms with Gasteiger partial charge in [-0.3, -0.25) is 9.59 Å². The van der Waals surface area contributed by atoms with E-state index in [-0.39, 0.29) is 11.8 Å². The molecule has 1 aliphatic heterocycles. The van der Waals surface area contributed by atoms with Crippen LogP contribution in [0.2, 0.25) is 0 Å². The highest BCUT2D eigenvalue weighted by molar-refractivity contribution is 6.01. The number of nitrogens with one attached hydrogen (secondary N) is 2. The molecule has 2 atom stereocenters. The molecule has 0 aliphatic carbocycles. The molecule has 0 radical (unpaired) electrons. The monoisotopic (exact) mass is 383 g/mol. The Morgan fingerprint density at radius 1 is 1.14 bits per heavy atom. The Labute approximate surface area is 164 Å². The summed E-state index contributed by atoms with van der Waals surface area (Å²) in [5.74, 6) is 0.733. The van der Waals surface area contributed by atoms with Crippen molar-refractivity contribution in [2.45, 2.75) is 26.1 Å². The van der Waals surface area contributed by atoms with Crippen LogP contribution in [0.4, 0.5) is 5.69 Å². The maximum Gasteiger partial charge on any atom is 0.262 e. The van der Waals surface area contributed by atoms with E-state index in [0.29, 0.717) is 23.7 Å². The molecule has 0 saturated heterocycles. The summed E-state index contributed by atoms with van der Waals surface area (Å²) in [5.41, 5.74) is 2.21. The zero-order chi connectivity index (χ0) is 20.3. The van der Waals surface area contributed by atoms with Crippen LogP contribution < -0.4 is 20.1 Å².